The lowest BCUT2D eigenvalue weighted by Gasteiger charge is -2.23. The van der Waals surface area contributed by atoms with Gasteiger partial charge in [-0.2, -0.15) is 5.10 Å². The van der Waals surface area contributed by atoms with Gasteiger partial charge in [-0.25, -0.2) is 18.1 Å². The first-order chi connectivity index (χ1) is 11.5. The van der Waals surface area contributed by atoms with E-state index in [1.165, 1.54) is 6.33 Å². The number of nitrogens with zero attached hydrogens (tertiary/aromatic N) is 3. The molecule has 0 saturated carbocycles. The molecule has 8 nitrogen and oxygen atoms in total. The summed E-state index contributed by atoms with van der Waals surface area (Å²) in [4.78, 5) is 4.30. The molecule has 0 unspecified atom stereocenters. The van der Waals surface area contributed by atoms with Gasteiger partial charge in [-0.3, -0.25) is 4.68 Å². The summed E-state index contributed by atoms with van der Waals surface area (Å²) in [5.74, 6) is 1.27. The Morgan fingerprint density at radius 3 is 2.79 bits per heavy atom. The number of hydrogen-bond acceptors (Lipinski definition) is 6. The summed E-state index contributed by atoms with van der Waals surface area (Å²) in [5.41, 5.74) is 0. The summed E-state index contributed by atoms with van der Waals surface area (Å²) < 4.78 is 34.8. The van der Waals surface area contributed by atoms with Crippen molar-refractivity contribution in [3.05, 3.63) is 36.4 Å². The first-order valence-electron chi connectivity index (χ1n) is 7.83. The highest BCUT2D eigenvalue weighted by Gasteiger charge is 2.21. The van der Waals surface area contributed by atoms with Crippen LogP contribution in [0.1, 0.15) is 18.7 Å². The smallest absolute Gasteiger partial charge is 0.240 e. The van der Waals surface area contributed by atoms with E-state index in [1.807, 2.05) is 0 Å². The molecule has 3 rings (SSSR count). The van der Waals surface area contributed by atoms with Gasteiger partial charge in [0.25, 0.3) is 0 Å². The van der Waals surface area contributed by atoms with E-state index in [-0.39, 0.29) is 17.5 Å². The van der Waals surface area contributed by atoms with Gasteiger partial charge in [0.15, 0.2) is 5.82 Å². The zero-order valence-electron chi connectivity index (χ0n) is 13.5. The molecule has 0 spiro atoms. The highest BCUT2D eigenvalue weighted by Crippen LogP contribution is 2.17. The van der Waals surface area contributed by atoms with Crippen molar-refractivity contribution >= 4 is 10.0 Å². The second-order valence-electron chi connectivity index (χ2n) is 5.72. The lowest BCUT2D eigenvalue weighted by molar-refractivity contribution is 0.289. The van der Waals surface area contributed by atoms with Crippen LogP contribution in [0.4, 0.5) is 0 Å². The summed E-state index contributed by atoms with van der Waals surface area (Å²) in [6.45, 7) is 1.88. The molecule has 1 fully saturated rings. The van der Waals surface area contributed by atoms with Crippen molar-refractivity contribution in [2.75, 3.05) is 13.1 Å². The average molecular weight is 351 g/mol. The summed E-state index contributed by atoms with van der Waals surface area (Å²) in [6, 6.07) is 6.32. The third-order valence-corrected chi connectivity index (χ3v) is 5.46. The minimum absolute atomic E-state index is 0.0596. The van der Waals surface area contributed by atoms with E-state index in [0.29, 0.717) is 18.1 Å². The molecule has 1 atom stereocenters. The van der Waals surface area contributed by atoms with Gasteiger partial charge in [0.1, 0.15) is 18.7 Å². The van der Waals surface area contributed by atoms with Crippen LogP contribution in [-0.4, -0.2) is 42.3 Å². The minimum Gasteiger partial charge on any atom is -0.486 e. The molecule has 130 valence electrons. The normalized spacial score (nSPS) is 18.5. The van der Waals surface area contributed by atoms with Gasteiger partial charge in [0, 0.05) is 19.6 Å². The van der Waals surface area contributed by atoms with E-state index in [9.17, 15) is 8.42 Å². The Labute approximate surface area is 141 Å². The molecule has 1 aromatic heterocycles. The Hall–Kier alpha value is -1.97. The van der Waals surface area contributed by atoms with Crippen molar-refractivity contribution < 1.29 is 13.2 Å². The number of piperidine rings is 1. The maximum atomic E-state index is 12.4. The topological polar surface area (TPSA) is 98.1 Å². The molecule has 2 aromatic rings. The van der Waals surface area contributed by atoms with Gasteiger partial charge in [0.2, 0.25) is 10.0 Å². The Morgan fingerprint density at radius 1 is 1.38 bits per heavy atom. The molecule has 9 heteroatoms. The lowest BCUT2D eigenvalue weighted by atomic mass is 10.1. The Kier molecular flexibility index (Phi) is 5.12. The molecular weight excluding hydrogens is 330 g/mol. The molecule has 0 amide bonds. The van der Waals surface area contributed by atoms with Crippen molar-refractivity contribution in [1.29, 1.82) is 0 Å². The van der Waals surface area contributed by atoms with Gasteiger partial charge in [0.05, 0.1) is 4.90 Å². The van der Waals surface area contributed by atoms with Gasteiger partial charge >= 0.3 is 0 Å². The zero-order chi connectivity index (χ0) is 17.0. The van der Waals surface area contributed by atoms with Gasteiger partial charge in [-0.1, -0.05) is 0 Å². The van der Waals surface area contributed by atoms with Crippen LogP contribution in [0.15, 0.2) is 35.5 Å². The van der Waals surface area contributed by atoms with Gasteiger partial charge in [-0.15, -0.1) is 0 Å². The second kappa shape index (κ2) is 7.29. The molecule has 2 N–H and O–H groups in total. The van der Waals surface area contributed by atoms with E-state index < -0.39 is 10.0 Å². The minimum atomic E-state index is -3.51. The molecule has 0 aliphatic carbocycles. The average Bonchev–Trinajstić information content (AvgIpc) is 2.99. The Balaban J connectivity index is 1.61. The highest BCUT2D eigenvalue weighted by molar-refractivity contribution is 7.89. The number of hydrogen-bond donors (Lipinski definition) is 2. The van der Waals surface area contributed by atoms with Crippen molar-refractivity contribution in [1.82, 2.24) is 24.8 Å². The predicted molar refractivity (Wildman–Crippen MR) is 88.0 cm³/mol. The summed E-state index contributed by atoms with van der Waals surface area (Å²) in [6.07, 6.45) is 3.29. The molecule has 1 aliphatic heterocycles. The van der Waals surface area contributed by atoms with Crippen LogP contribution in [0.2, 0.25) is 0 Å². The van der Waals surface area contributed by atoms with E-state index >= 15 is 0 Å². The first-order valence-corrected chi connectivity index (χ1v) is 9.32. The summed E-state index contributed by atoms with van der Waals surface area (Å²) in [7, 11) is -1.73. The largest absolute Gasteiger partial charge is 0.486 e. The molecule has 1 aromatic carbocycles. The van der Waals surface area contributed by atoms with Crippen LogP contribution in [0, 0.1) is 0 Å². The van der Waals surface area contributed by atoms with Gasteiger partial charge < -0.3 is 10.1 Å². The summed E-state index contributed by atoms with van der Waals surface area (Å²) >= 11 is 0. The predicted octanol–water partition coefficient (Wildman–Crippen LogP) is 0.424. The number of rotatable bonds is 6. The van der Waals surface area contributed by atoms with Crippen LogP contribution in [0.5, 0.6) is 5.75 Å². The number of benzene rings is 1. The van der Waals surface area contributed by atoms with Gasteiger partial charge in [-0.05, 0) is 43.7 Å². The fraction of sp³-hybridized carbons (Fsp3) is 0.467. The van der Waals surface area contributed by atoms with Crippen molar-refractivity contribution in [2.24, 2.45) is 7.05 Å². The van der Waals surface area contributed by atoms with E-state index in [0.717, 1.165) is 19.4 Å². The number of sulfonamides is 1. The third-order valence-electron chi connectivity index (χ3n) is 3.93. The fourth-order valence-corrected chi connectivity index (χ4v) is 3.82. The van der Waals surface area contributed by atoms with Crippen LogP contribution in [-0.2, 0) is 23.7 Å². The van der Waals surface area contributed by atoms with Crippen molar-refractivity contribution in [3.8, 4) is 5.75 Å². The maximum Gasteiger partial charge on any atom is 0.240 e. The van der Waals surface area contributed by atoms with Crippen LogP contribution < -0.4 is 14.8 Å². The number of nitrogens with one attached hydrogen (secondary N) is 2. The number of aromatic nitrogens is 3. The Morgan fingerprint density at radius 2 is 2.17 bits per heavy atom. The fourth-order valence-electron chi connectivity index (χ4n) is 2.55. The second-order valence-corrected chi connectivity index (χ2v) is 7.44. The molecule has 24 heavy (non-hydrogen) atoms. The monoisotopic (exact) mass is 351 g/mol. The molecule has 1 saturated heterocycles. The van der Waals surface area contributed by atoms with Crippen LogP contribution >= 0.6 is 0 Å². The first kappa shape index (κ1) is 16.9. The summed E-state index contributed by atoms with van der Waals surface area (Å²) in [5, 5.41) is 7.16. The number of ether oxygens (including phenoxy) is 1. The SMILES string of the molecule is Cn1ncnc1COc1ccc(S(=O)(=O)N[C@@H]2CCCNC2)cc1. The zero-order valence-corrected chi connectivity index (χ0v) is 14.3. The standard InChI is InChI=1S/C15H21N5O3S/c1-20-15(17-11-18-20)10-23-13-4-6-14(7-5-13)24(21,22)19-12-3-2-8-16-9-12/h4-7,11-12,16,19H,2-3,8-10H2,1H3/t12-/m1/s1. The molecule has 0 bridgehead atoms. The molecule has 2 heterocycles. The van der Waals surface area contributed by atoms with Crippen molar-refractivity contribution in [3.63, 3.8) is 0 Å². The quantitative estimate of drug-likeness (QED) is 0.783. The number of aryl methyl sites for hydroxylation is 1. The Bertz CT molecular complexity index is 767. The maximum absolute atomic E-state index is 12.4. The lowest BCUT2D eigenvalue weighted by Crippen LogP contribution is -2.45. The molecule has 1 aliphatic rings. The van der Waals surface area contributed by atoms with E-state index in [4.69, 9.17) is 4.74 Å². The van der Waals surface area contributed by atoms with E-state index in [1.54, 1.807) is 36.0 Å². The molecular formula is C15H21N5O3S. The van der Waals surface area contributed by atoms with Crippen molar-refractivity contribution in [2.45, 2.75) is 30.4 Å². The van der Waals surface area contributed by atoms with E-state index in [2.05, 4.69) is 20.1 Å². The van der Waals surface area contributed by atoms with Crippen LogP contribution in [0.3, 0.4) is 0 Å². The van der Waals surface area contributed by atoms with Crippen LogP contribution in [0.25, 0.3) is 0 Å². The molecule has 0 radical (unpaired) electrons. The highest BCUT2D eigenvalue weighted by atomic mass is 32.2. The third kappa shape index (κ3) is 4.11.